The second-order valence-corrected chi connectivity index (χ2v) is 4.87. The molecule has 0 spiro atoms. The smallest absolute Gasteiger partial charge is 0.254 e. The van der Waals surface area contributed by atoms with Crippen LogP contribution in [0.1, 0.15) is 42.9 Å². The number of benzene rings is 1. The predicted octanol–water partition coefficient (Wildman–Crippen LogP) is 2.55. The molecule has 0 saturated carbocycles. The van der Waals surface area contributed by atoms with Crippen LogP contribution < -0.4 is 0 Å². The Morgan fingerprint density at radius 2 is 1.72 bits per heavy atom. The molecular formula is C15H15NO2. The average Bonchev–Trinajstić information content (AvgIpc) is 2.90. The SMILES string of the molecule is CC[C@H]1C[C@H](N2C(=O)C=CC2=O)c2ccccc21. The van der Waals surface area contributed by atoms with E-state index in [4.69, 9.17) is 0 Å². The molecule has 1 aromatic rings. The van der Waals surface area contributed by atoms with E-state index in [9.17, 15) is 9.59 Å². The first-order valence-corrected chi connectivity index (χ1v) is 6.36. The van der Waals surface area contributed by atoms with Gasteiger partial charge in [0.1, 0.15) is 0 Å². The van der Waals surface area contributed by atoms with Gasteiger partial charge in [0.05, 0.1) is 6.04 Å². The molecule has 2 aliphatic rings. The molecule has 3 rings (SSSR count). The number of nitrogens with zero attached hydrogens (tertiary/aromatic N) is 1. The molecule has 0 saturated heterocycles. The van der Waals surface area contributed by atoms with Crippen molar-refractivity contribution in [2.24, 2.45) is 0 Å². The molecule has 0 N–H and O–H groups in total. The monoisotopic (exact) mass is 241 g/mol. The summed E-state index contributed by atoms with van der Waals surface area (Å²) >= 11 is 0. The zero-order valence-electron chi connectivity index (χ0n) is 10.3. The lowest BCUT2D eigenvalue weighted by atomic mass is 9.99. The van der Waals surface area contributed by atoms with Crippen LogP contribution >= 0.6 is 0 Å². The van der Waals surface area contributed by atoms with Crippen molar-refractivity contribution < 1.29 is 9.59 Å². The summed E-state index contributed by atoms with van der Waals surface area (Å²) in [5, 5.41) is 0. The quantitative estimate of drug-likeness (QED) is 0.746. The first-order valence-electron chi connectivity index (χ1n) is 6.36. The van der Waals surface area contributed by atoms with Gasteiger partial charge in [-0.1, -0.05) is 31.2 Å². The topological polar surface area (TPSA) is 37.4 Å². The second-order valence-electron chi connectivity index (χ2n) is 4.87. The maximum absolute atomic E-state index is 11.8. The number of amides is 2. The third kappa shape index (κ3) is 1.50. The molecule has 18 heavy (non-hydrogen) atoms. The van der Waals surface area contributed by atoms with Crippen LogP contribution in [0.5, 0.6) is 0 Å². The van der Waals surface area contributed by atoms with Crippen molar-refractivity contribution in [3.05, 3.63) is 47.5 Å². The Bertz CT molecular complexity index is 529. The highest BCUT2D eigenvalue weighted by Gasteiger charge is 2.39. The van der Waals surface area contributed by atoms with Gasteiger partial charge in [0.15, 0.2) is 0 Å². The maximum Gasteiger partial charge on any atom is 0.254 e. The normalized spacial score (nSPS) is 25.9. The Balaban J connectivity index is 2.01. The van der Waals surface area contributed by atoms with Crippen molar-refractivity contribution in [1.82, 2.24) is 4.90 Å². The molecule has 0 bridgehead atoms. The zero-order valence-corrected chi connectivity index (χ0v) is 10.3. The molecule has 1 aromatic carbocycles. The van der Waals surface area contributed by atoms with Crippen molar-refractivity contribution in [2.75, 3.05) is 0 Å². The number of carbonyl (C=O) groups is 2. The van der Waals surface area contributed by atoms with E-state index in [0.29, 0.717) is 5.92 Å². The van der Waals surface area contributed by atoms with Gasteiger partial charge in [0.25, 0.3) is 11.8 Å². The Morgan fingerprint density at radius 1 is 1.11 bits per heavy atom. The van der Waals surface area contributed by atoms with Crippen LogP contribution in [0.15, 0.2) is 36.4 Å². The first-order chi connectivity index (χ1) is 8.72. The number of rotatable bonds is 2. The van der Waals surface area contributed by atoms with E-state index < -0.39 is 0 Å². The fraction of sp³-hybridized carbons (Fsp3) is 0.333. The maximum atomic E-state index is 11.8. The van der Waals surface area contributed by atoms with Crippen molar-refractivity contribution >= 4 is 11.8 Å². The summed E-state index contributed by atoms with van der Waals surface area (Å²) in [5.41, 5.74) is 2.42. The molecular weight excluding hydrogens is 226 g/mol. The Morgan fingerprint density at radius 3 is 2.33 bits per heavy atom. The third-order valence-electron chi connectivity index (χ3n) is 3.95. The number of hydrogen-bond acceptors (Lipinski definition) is 2. The van der Waals surface area contributed by atoms with Gasteiger partial charge in [0, 0.05) is 12.2 Å². The van der Waals surface area contributed by atoms with Gasteiger partial charge in [0.2, 0.25) is 0 Å². The van der Waals surface area contributed by atoms with Gasteiger partial charge < -0.3 is 0 Å². The van der Waals surface area contributed by atoms with Crippen LogP contribution in [-0.2, 0) is 9.59 Å². The Hall–Kier alpha value is -1.90. The van der Waals surface area contributed by atoms with Crippen LogP contribution in [0.2, 0.25) is 0 Å². The standard InChI is InChI=1S/C15H15NO2/c1-2-10-9-13(12-6-4-3-5-11(10)12)16-14(17)7-8-15(16)18/h3-8,10,13H,2,9H2,1H3/t10-,13-/m0/s1. The average molecular weight is 241 g/mol. The minimum absolute atomic E-state index is 0.0823. The Kier molecular flexibility index (Phi) is 2.54. The van der Waals surface area contributed by atoms with E-state index in [0.717, 1.165) is 18.4 Å². The fourth-order valence-corrected chi connectivity index (χ4v) is 3.06. The first kappa shape index (κ1) is 11.2. The molecule has 3 heteroatoms. The number of fused-ring (bicyclic) bond motifs is 1. The molecule has 1 aliphatic carbocycles. The highest BCUT2D eigenvalue weighted by atomic mass is 16.2. The molecule has 0 unspecified atom stereocenters. The van der Waals surface area contributed by atoms with E-state index >= 15 is 0 Å². The summed E-state index contributed by atoms with van der Waals surface area (Å²) in [6.45, 7) is 2.15. The highest BCUT2D eigenvalue weighted by Crippen LogP contribution is 2.45. The lowest BCUT2D eigenvalue weighted by Crippen LogP contribution is -2.33. The lowest BCUT2D eigenvalue weighted by Gasteiger charge is -2.23. The molecule has 2 amide bonds. The molecule has 2 atom stereocenters. The van der Waals surface area contributed by atoms with Gasteiger partial charge >= 0.3 is 0 Å². The molecule has 92 valence electrons. The summed E-state index contributed by atoms with van der Waals surface area (Å²) < 4.78 is 0. The second kappa shape index (κ2) is 4.09. The van der Waals surface area contributed by atoms with E-state index in [1.54, 1.807) is 0 Å². The van der Waals surface area contributed by atoms with Crippen molar-refractivity contribution in [2.45, 2.75) is 31.7 Å². The van der Waals surface area contributed by atoms with Gasteiger partial charge in [-0.3, -0.25) is 14.5 Å². The summed E-state index contributed by atoms with van der Waals surface area (Å²) in [6.07, 6.45) is 4.63. The fourth-order valence-electron chi connectivity index (χ4n) is 3.06. The van der Waals surface area contributed by atoms with Crippen molar-refractivity contribution in [3.63, 3.8) is 0 Å². The lowest BCUT2D eigenvalue weighted by molar-refractivity contribution is -0.139. The van der Waals surface area contributed by atoms with E-state index in [1.165, 1.54) is 22.6 Å². The summed E-state index contributed by atoms with van der Waals surface area (Å²) in [5.74, 6) is 0.0838. The number of carbonyl (C=O) groups excluding carboxylic acids is 2. The summed E-state index contributed by atoms with van der Waals surface area (Å²) in [6, 6.07) is 8.07. The molecule has 0 radical (unpaired) electrons. The van der Waals surface area contributed by atoms with Gasteiger partial charge in [-0.25, -0.2) is 0 Å². The van der Waals surface area contributed by atoms with Crippen LogP contribution in [0.4, 0.5) is 0 Å². The molecule has 0 aromatic heterocycles. The van der Waals surface area contributed by atoms with E-state index in [1.807, 2.05) is 18.2 Å². The van der Waals surface area contributed by atoms with Crippen molar-refractivity contribution in [1.29, 1.82) is 0 Å². The molecule has 1 aliphatic heterocycles. The highest BCUT2D eigenvalue weighted by molar-refractivity contribution is 6.13. The van der Waals surface area contributed by atoms with Gasteiger partial charge in [-0.15, -0.1) is 0 Å². The third-order valence-corrected chi connectivity index (χ3v) is 3.95. The number of hydrogen-bond donors (Lipinski definition) is 0. The largest absolute Gasteiger partial charge is 0.269 e. The van der Waals surface area contributed by atoms with Crippen LogP contribution in [0.25, 0.3) is 0 Å². The van der Waals surface area contributed by atoms with E-state index in [-0.39, 0.29) is 17.9 Å². The van der Waals surface area contributed by atoms with Crippen LogP contribution in [0, 0.1) is 0 Å². The van der Waals surface area contributed by atoms with Crippen molar-refractivity contribution in [3.8, 4) is 0 Å². The van der Waals surface area contributed by atoms with Crippen LogP contribution in [-0.4, -0.2) is 16.7 Å². The Labute approximate surface area is 106 Å². The molecule has 3 nitrogen and oxygen atoms in total. The van der Waals surface area contributed by atoms with Gasteiger partial charge in [-0.2, -0.15) is 0 Å². The summed E-state index contributed by atoms with van der Waals surface area (Å²) in [7, 11) is 0. The molecule has 0 fully saturated rings. The van der Waals surface area contributed by atoms with Crippen LogP contribution in [0.3, 0.4) is 0 Å². The summed E-state index contributed by atoms with van der Waals surface area (Å²) in [4.78, 5) is 25.0. The number of imide groups is 1. The minimum atomic E-state index is -0.184. The molecule has 1 heterocycles. The predicted molar refractivity (Wildman–Crippen MR) is 67.8 cm³/mol. The zero-order chi connectivity index (χ0) is 12.7. The van der Waals surface area contributed by atoms with Gasteiger partial charge in [-0.05, 0) is 29.9 Å². The van der Waals surface area contributed by atoms with E-state index in [2.05, 4.69) is 13.0 Å². The minimum Gasteiger partial charge on any atom is -0.269 e.